The van der Waals surface area contributed by atoms with Gasteiger partial charge in [-0.2, -0.15) is 0 Å². The monoisotopic (exact) mass is 216 g/mol. The van der Waals surface area contributed by atoms with Crippen molar-refractivity contribution in [2.24, 2.45) is 5.73 Å². The van der Waals surface area contributed by atoms with E-state index in [1.807, 2.05) is 30.3 Å². The van der Waals surface area contributed by atoms with Gasteiger partial charge in [-0.3, -0.25) is 4.79 Å². The molecule has 0 saturated carbocycles. The Kier molecular flexibility index (Phi) is 5.10. The lowest BCUT2D eigenvalue weighted by atomic mass is 10.1. The summed E-state index contributed by atoms with van der Waals surface area (Å²) in [5.41, 5.74) is 6.62. The van der Waals surface area contributed by atoms with Crippen LogP contribution in [0.15, 0.2) is 30.3 Å². The van der Waals surface area contributed by atoms with Crippen molar-refractivity contribution in [2.45, 2.75) is 18.9 Å². The summed E-state index contributed by atoms with van der Waals surface area (Å²) in [6.45, 7) is 0.573. The zero-order valence-electron chi connectivity index (χ0n) is 9.15. The van der Waals surface area contributed by atoms with Crippen LogP contribution in [0, 0.1) is 12.3 Å². The summed E-state index contributed by atoms with van der Waals surface area (Å²) < 4.78 is 0. The third kappa shape index (κ3) is 3.76. The normalized spacial score (nSPS) is 11.5. The van der Waals surface area contributed by atoms with Crippen LogP contribution in [0.1, 0.15) is 24.4 Å². The molecule has 0 bridgehead atoms. The summed E-state index contributed by atoms with van der Waals surface area (Å²) in [5, 5.41) is 2.76. The fraction of sp³-hybridized carbons (Fsp3) is 0.308. The van der Waals surface area contributed by atoms with Gasteiger partial charge in [-0.05, 0) is 12.0 Å². The first kappa shape index (κ1) is 12.3. The van der Waals surface area contributed by atoms with Gasteiger partial charge in [-0.1, -0.05) is 30.3 Å². The second-order valence-corrected chi connectivity index (χ2v) is 3.49. The quantitative estimate of drug-likeness (QED) is 0.574. The van der Waals surface area contributed by atoms with E-state index in [-0.39, 0.29) is 5.91 Å². The van der Waals surface area contributed by atoms with E-state index in [2.05, 4.69) is 11.2 Å². The topological polar surface area (TPSA) is 55.1 Å². The van der Waals surface area contributed by atoms with Crippen molar-refractivity contribution >= 4 is 5.91 Å². The highest BCUT2D eigenvalue weighted by atomic mass is 16.2. The molecular formula is C13H16N2O. The summed E-state index contributed by atoms with van der Waals surface area (Å²) in [4.78, 5) is 11.6. The average molecular weight is 216 g/mol. The predicted molar refractivity (Wildman–Crippen MR) is 64.4 cm³/mol. The summed E-state index contributed by atoms with van der Waals surface area (Å²) in [6.07, 6.45) is 6.56. The number of terminal acetylenes is 1. The van der Waals surface area contributed by atoms with Crippen molar-refractivity contribution in [3.8, 4) is 12.3 Å². The van der Waals surface area contributed by atoms with Crippen LogP contribution in [0.25, 0.3) is 0 Å². The van der Waals surface area contributed by atoms with Crippen LogP contribution in [0.5, 0.6) is 0 Å². The van der Waals surface area contributed by atoms with Gasteiger partial charge in [-0.15, -0.1) is 12.3 Å². The SMILES string of the molecule is C#CCCCNC(=O)C(N)c1ccccc1. The molecule has 3 nitrogen and oxygen atoms in total. The Bertz CT molecular complexity index is 367. The van der Waals surface area contributed by atoms with Crippen molar-refractivity contribution in [3.63, 3.8) is 0 Å². The number of nitrogens with one attached hydrogen (secondary N) is 1. The summed E-state index contributed by atoms with van der Waals surface area (Å²) in [6, 6.07) is 8.69. The predicted octanol–water partition coefficient (Wildman–Crippen LogP) is 1.22. The number of unbranched alkanes of at least 4 members (excludes halogenated alkanes) is 1. The van der Waals surface area contributed by atoms with E-state index in [1.165, 1.54) is 0 Å². The zero-order chi connectivity index (χ0) is 11.8. The van der Waals surface area contributed by atoms with Crippen LogP contribution in [0.4, 0.5) is 0 Å². The molecule has 16 heavy (non-hydrogen) atoms. The number of carbonyl (C=O) groups excluding carboxylic acids is 1. The highest BCUT2D eigenvalue weighted by molar-refractivity contribution is 5.82. The maximum Gasteiger partial charge on any atom is 0.241 e. The van der Waals surface area contributed by atoms with E-state index in [9.17, 15) is 4.79 Å². The molecule has 0 radical (unpaired) electrons. The minimum absolute atomic E-state index is 0.164. The van der Waals surface area contributed by atoms with Crippen LogP contribution >= 0.6 is 0 Å². The van der Waals surface area contributed by atoms with E-state index >= 15 is 0 Å². The van der Waals surface area contributed by atoms with E-state index in [0.29, 0.717) is 13.0 Å². The molecule has 1 aromatic rings. The first-order valence-corrected chi connectivity index (χ1v) is 5.27. The fourth-order valence-electron chi connectivity index (χ4n) is 1.32. The molecule has 3 heteroatoms. The van der Waals surface area contributed by atoms with Gasteiger partial charge in [0.05, 0.1) is 0 Å². The second-order valence-electron chi connectivity index (χ2n) is 3.49. The van der Waals surface area contributed by atoms with E-state index < -0.39 is 6.04 Å². The third-order valence-electron chi connectivity index (χ3n) is 2.24. The van der Waals surface area contributed by atoms with Gasteiger partial charge in [0.25, 0.3) is 0 Å². The van der Waals surface area contributed by atoms with Crippen molar-refractivity contribution in [1.29, 1.82) is 0 Å². The Morgan fingerprint density at radius 1 is 1.44 bits per heavy atom. The lowest BCUT2D eigenvalue weighted by molar-refractivity contribution is -0.122. The van der Waals surface area contributed by atoms with E-state index in [0.717, 1.165) is 12.0 Å². The first-order chi connectivity index (χ1) is 7.75. The van der Waals surface area contributed by atoms with Gasteiger partial charge in [0.15, 0.2) is 0 Å². The Morgan fingerprint density at radius 3 is 2.75 bits per heavy atom. The molecule has 1 atom stereocenters. The number of benzene rings is 1. The van der Waals surface area contributed by atoms with Crippen molar-refractivity contribution < 1.29 is 4.79 Å². The highest BCUT2D eigenvalue weighted by Crippen LogP contribution is 2.08. The van der Waals surface area contributed by atoms with Gasteiger partial charge in [0.2, 0.25) is 5.91 Å². The molecule has 1 unspecified atom stereocenters. The molecule has 0 saturated heterocycles. The van der Waals surface area contributed by atoms with Gasteiger partial charge in [0, 0.05) is 13.0 Å². The molecule has 0 aliphatic heterocycles. The number of carbonyl (C=O) groups is 1. The molecule has 0 aromatic heterocycles. The third-order valence-corrected chi connectivity index (χ3v) is 2.24. The summed E-state index contributed by atoms with van der Waals surface area (Å²) >= 11 is 0. The summed E-state index contributed by atoms with van der Waals surface area (Å²) in [5.74, 6) is 2.36. The Morgan fingerprint density at radius 2 is 2.12 bits per heavy atom. The molecule has 3 N–H and O–H groups in total. The van der Waals surface area contributed by atoms with Crippen LogP contribution in [0.3, 0.4) is 0 Å². The maximum atomic E-state index is 11.6. The molecule has 1 aromatic carbocycles. The van der Waals surface area contributed by atoms with E-state index in [4.69, 9.17) is 12.2 Å². The Labute approximate surface area is 96.0 Å². The number of hydrogen-bond donors (Lipinski definition) is 2. The van der Waals surface area contributed by atoms with Crippen LogP contribution in [-0.2, 0) is 4.79 Å². The molecule has 0 aliphatic carbocycles. The molecular weight excluding hydrogens is 200 g/mol. The smallest absolute Gasteiger partial charge is 0.241 e. The van der Waals surface area contributed by atoms with Gasteiger partial charge >= 0.3 is 0 Å². The maximum absolute atomic E-state index is 11.6. The van der Waals surface area contributed by atoms with Crippen LogP contribution in [-0.4, -0.2) is 12.5 Å². The Balaban J connectivity index is 2.40. The van der Waals surface area contributed by atoms with Crippen molar-refractivity contribution in [1.82, 2.24) is 5.32 Å². The number of hydrogen-bond acceptors (Lipinski definition) is 2. The molecule has 0 heterocycles. The lowest BCUT2D eigenvalue weighted by Gasteiger charge is -2.11. The Hall–Kier alpha value is -1.79. The largest absolute Gasteiger partial charge is 0.354 e. The summed E-state index contributed by atoms with van der Waals surface area (Å²) in [7, 11) is 0. The number of amides is 1. The van der Waals surface area contributed by atoms with Crippen molar-refractivity contribution in [2.75, 3.05) is 6.54 Å². The van der Waals surface area contributed by atoms with Gasteiger partial charge < -0.3 is 11.1 Å². The van der Waals surface area contributed by atoms with Gasteiger partial charge in [0.1, 0.15) is 6.04 Å². The molecule has 1 rings (SSSR count). The highest BCUT2D eigenvalue weighted by Gasteiger charge is 2.13. The molecule has 0 fully saturated rings. The van der Waals surface area contributed by atoms with Gasteiger partial charge in [-0.25, -0.2) is 0 Å². The van der Waals surface area contributed by atoms with Crippen molar-refractivity contribution in [3.05, 3.63) is 35.9 Å². The second kappa shape index (κ2) is 6.65. The minimum Gasteiger partial charge on any atom is -0.354 e. The minimum atomic E-state index is -0.605. The number of rotatable bonds is 5. The number of nitrogens with two attached hydrogens (primary N) is 1. The van der Waals surface area contributed by atoms with E-state index in [1.54, 1.807) is 0 Å². The molecule has 84 valence electrons. The fourth-order valence-corrected chi connectivity index (χ4v) is 1.32. The standard InChI is InChI=1S/C13H16N2O/c1-2-3-7-10-15-13(16)12(14)11-8-5-4-6-9-11/h1,4-6,8-9,12H,3,7,10,14H2,(H,15,16). The van der Waals surface area contributed by atoms with Crippen LogP contribution < -0.4 is 11.1 Å². The lowest BCUT2D eigenvalue weighted by Crippen LogP contribution is -2.34. The first-order valence-electron chi connectivity index (χ1n) is 5.27. The molecule has 0 spiro atoms. The average Bonchev–Trinajstić information content (AvgIpc) is 2.34. The molecule has 1 amide bonds. The van der Waals surface area contributed by atoms with Crippen LogP contribution in [0.2, 0.25) is 0 Å². The molecule has 0 aliphatic rings. The zero-order valence-corrected chi connectivity index (χ0v) is 9.15.